The predicted molar refractivity (Wildman–Crippen MR) is 118 cm³/mol. The molecule has 2 aromatic carbocycles. The molecule has 1 fully saturated rings. The second-order valence-electron chi connectivity index (χ2n) is 7.92. The zero-order valence-electron chi connectivity index (χ0n) is 18.7. The summed E-state index contributed by atoms with van der Waals surface area (Å²) in [5, 5.41) is 10.3. The van der Waals surface area contributed by atoms with E-state index in [-0.39, 0.29) is 16.6 Å². The molecule has 0 aliphatic carbocycles. The highest BCUT2D eigenvalue weighted by Gasteiger charge is 2.35. The molecule has 0 unspecified atom stereocenters. The van der Waals surface area contributed by atoms with Gasteiger partial charge in [0.05, 0.1) is 18.1 Å². The van der Waals surface area contributed by atoms with Crippen molar-refractivity contribution in [1.29, 1.82) is 0 Å². The third kappa shape index (κ3) is 6.92. The highest BCUT2D eigenvalue weighted by molar-refractivity contribution is 7.89. The van der Waals surface area contributed by atoms with Crippen LogP contribution in [0.4, 0.5) is 13.2 Å². The van der Waals surface area contributed by atoms with Gasteiger partial charge in [-0.25, -0.2) is 21.6 Å². The maximum absolute atomic E-state index is 14.5. The summed E-state index contributed by atoms with van der Waals surface area (Å²) in [6.45, 7) is 3.45. The topological polar surface area (TPSA) is 122 Å². The third-order valence-electron chi connectivity index (χ3n) is 5.45. The van der Waals surface area contributed by atoms with E-state index < -0.39 is 50.1 Å². The molecule has 1 saturated heterocycles. The second kappa shape index (κ2) is 11.8. The first-order valence-corrected chi connectivity index (χ1v) is 12.3. The Morgan fingerprint density at radius 2 is 1.71 bits per heavy atom. The monoisotopic (exact) mass is 517 g/mol. The Balaban J connectivity index is 1.70. The van der Waals surface area contributed by atoms with Crippen molar-refractivity contribution in [2.45, 2.75) is 30.2 Å². The van der Waals surface area contributed by atoms with Crippen LogP contribution in [0.1, 0.15) is 19.3 Å². The van der Waals surface area contributed by atoms with Crippen molar-refractivity contribution in [3.63, 3.8) is 0 Å². The number of hydrogen-bond donors (Lipinski definition) is 2. The highest BCUT2D eigenvalue weighted by atomic mass is 32.2. The quantitative estimate of drug-likeness (QED) is 0.347. The van der Waals surface area contributed by atoms with E-state index >= 15 is 0 Å². The number of unbranched alkanes of at least 4 members (excludes halogenated alkanes) is 1. The number of amides is 1. The number of morpholine rings is 1. The molecular weight excluding hydrogens is 491 g/mol. The number of sulfonamides is 1. The molecule has 0 saturated carbocycles. The van der Waals surface area contributed by atoms with Crippen molar-refractivity contribution < 1.29 is 41.1 Å². The number of primary amides is 1. The van der Waals surface area contributed by atoms with E-state index in [0.29, 0.717) is 44.7 Å². The summed E-state index contributed by atoms with van der Waals surface area (Å²) >= 11 is 0. The molecule has 35 heavy (non-hydrogen) atoms. The number of carbonyl (C=O) groups is 1. The lowest BCUT2D eigenvalue weighted by Gasteiger charge is -2.27. The number of halogens is 3. The van der Waals surface area contributed by atoms with Crippen molar-refractivity contribution >= 4 is 15.9 Å². The largest absolute Gasteiger partial charge is 0.451 e. The Labute approximate surface area is 200 Å². The fourth-order valence-electron chi connectivity index (χ4n) is 3.54. The minimum atomic E-state index is -4.91. The highest BCUT2D eigenvalue weighted by Crippen LogP contribution is 2.31. The summed E-state index contributed by atoms with van der Waals surface area (Å²) in [5.41, 5.74) is 5.29. The summed E-state index contributed by atoms with van der Waals surface area (Å²) in [5.74, 6) is -5.48. The third-order valence-corrected chi connectivity index (χ3v) is 7.03. The molecule has 1 aliphatic rings. The van der Waals surface area contributed by atoms with E-state index in [0.717, 1.165) is 37.4 Å². The minimum absolute atomic E-state index is 0.0885. The Morgan fingerprint density at radius 3 is 2.29 bits per heavy atom. The zero-order valence-corrected chi connectivity index (χ0v) is 19.5. The van der Waals surface area contributed by atoms with Gasteiger partial charge in [0.1, 0.15) is 17.6 Å². The molecule has 13 heteroatoms. The second-order valence-corrected chi connectivity index (χ2v) is 9.71. The van der Waals surface area contributed by atoms with Gasteiger partial charge in [0.25, 0.3) is 10.0 Å². The summed E-state index contributed by atoms with van der Waals surface area (Å²) < 4.78 is 77.7. The molecule has 0 spiro atoms. The summed E-state index contributed by atoms with van der Waals surface area (Å²) in [7, 11) is -4.91. The summed E-state index contributed by atoms with van der Waals surface area (Å²) in [4.78, 5) is 13.1. The van der Waals surface area contributed by atoms with Crippen LogP contribution in [0, 0.1) is 17.5 Å². The molecule has 1 amide bonds. The molecule has 192 valence electrons. The summed E-state index contributed by atoms with van der Waals surface area (Å²) in [6.07, 6.45) is 0.882. The number of ether oxygens (including phenoxy) is 2. The van der Waals surface area contributed by atoms with Crippen LogP contribution in [-0.2, 0) is 19.6 Å². The Morgan fingerprint density at radius 1 is 1.11 bits per heavy atom. The number of hydrogen-bond acceptors (Lipinski definition) is 7. The van der Waals surface area contributed by atoms with E-state index in [2.05, 4.69) is 4.90 Å². The van der Waals surface area contributed by atoms with Crippen LogP contribution < -0.4 is 10.5 Å². The van der Waals surface area contributed by atoms with E-state index in [9.17, 15) is 31.6 Å². The number of nitrogens with zero attached hydrogens (tertiary/aromatic N) is 2. The molecule has 0 aromatic heterocycles. The number of rotatable bonds is 11. The SMILES string of the molecule is NC(=O)[C@@H](CCCCN1CCOCC1)N(O)S(=O)(=O)c1cc(F)c(Oc2ccc(F)cc2)c(F)c1. The Bertz CT molecular complexity index is 1100. The molecule has 1 aliphatic heterocycles. The summed E-state index contributed by atoms with van der Waals surface area (Å²) in [6, 6.07) is 3.53. The van der Waals surface area contributed by atoms with E-state index in [1.54, 1.807) is 0 Å². The van der Waals surface area contributed by atoms with Crippen molar-refractivity contribution in [2.75, 3.05) is 32.8 Å². The normalized spacial score (nSPS) is 15.8. The van der Waals surface area contributed by atoms with Gasteiger partial charge in [0, 0.05) is 13.1 Å². The first kappa shape index (κ1) is 26.9. The van der Waals surface area contributed by atoms with Crippen LogP contribution >= 0.6 is 0 Å². The van der Waals surface area contributed by atoms with Crippen LogP contribution in [0.3, 0.4) is 0 Å². The zero-order chi connectivity index (χ0) is 25.6. The van der Waals surface area contributed by atoms with Crippen molar-refractivity contribution in [3.05, 3.63) is 53.8 Å². The van der Waals surface area contributed by atoms with Crippen molar-refractivity contribution in [1.82, 2.24) is 9.37 Å². The number of benzene rings is 2. The fraction of sp³-hybridized carbons (Fsp3) is 0.409. The Hall–Kier alpha value is -2.71. The van der Waals surface area contributed by atoms with Crippen LogP contribution in [0.5, 0.6) is 11.5 Å². The molecule has 3 rings (SSSR count). The first-order chi connectivity index (χ1) is 16.6. The van der Waals surface area contributed by atoms with Crippen LogP contribution in [0.15, 0.2) is 41.3 Å². The lowest BCUT2D eigenvalue weighted by Crippen LogP contribution is -2.46. The van der Waals surface area contributed by atoms with Gasteiger partial charge in [-0.1, -0.05) is 4.47 Å². The molecule has 0 radical (unpaired) electrons. The maximum Gasteiger partial charge on any atom is 0.265 e. The smallest absolute Gasteiger partial charge is 0.265 e. The predicted octanol–water partition coefficient (Wildman–Crippen LogP) is 2.63. The van der Waals surface area contributed by atoms with Crippen LogP contribution in [0.25, 0.3) is 0 Å². The number of nitrogens with two attached hydrogens (primary N) is 1. The van der Waals surface area contributed by atoms with Gasteiger partial charge in [-0.15, -0.1) is 0 Å². The Kier molecular flexibility index (Phi) is 9.08. The van der Waals surface area contributed by atoms with Gasteiger partial charge < -0.3 is 15.2 Å². The van der Waals surface area contributed by atoms with Crippen LogP contribution in [-0.4, -0.2) is 67.8 Å². The lowest BCUT2D eigenvalue weighted by atomic mass is 10.1. The number of carbonyl (C=O) groups excluding carboxylic acids is 1. The van der Waals surface area contributed by atoms with E-state index in [1.807, 2.05) is 0 Å². The van der Waals surface area contributed by atoms with Crippen molar-refractivity contribution in [2.24, 2.45) is 5.73 Å². The van der Waals surface area contributed by atoms with E-state index in [1.165, 1.54) is 0 Å². The molecule has 1 atom stereocenters. The van der Waals surface area contributed by atoms with Gasteiger partial charge in [-0.2, -0.15) is 0 Å². The van der Waals surface area contributed by atoms with Gasteiger partial charge in [-0.3, -0.25) is 14.9 Å². The van der Waals surface area contributed by atoms with Gasteiger partial charge in [0.15, 0.2) is 17.4 Å². The average molecular weight is 518 g/mol. The molecule has 3 N–H and O–H groups in total. The number of hydroxylamine groups is 1. The molecule has 9 nitrogen and oxygen atoms in total. The molecular formula is C22H26F3N3O6S. The average Bonchev–Trinajstić information content (AvgIpc) is 2.82. The molecule has 2 aromatic rings. The maximum atomic E-state index is 14.5. The minimum Gasteiger partial charge on any atom is -0.451 e. The fourth-order valence-corrected chi connectivity index (χ4v) is 4.80. The molecule has 0 bridgehead atoms. The van der Waals surface area contributed by atoms with Gasteiger partial charge in [-0.05, 0) is 62.2 Å². The van der Waals surface area contributed by atoms with Crippen LogP contribution in [0.2, 0.25) is 0 Å². The van der Waals surface area contributed by atoms with E-state index in [4.69, 9.17) is 15.2 Å². The van der Waals surface area contributed by atoms with Gasteiger partial charge in [0.2, 0.25) is 5.91 Å². The van der Waals surface area contributed by atoms with Crippen molar-refractivity contribution in [3.8, 4) is 11.5 Å². The lowest BCUT2D eigenvalue weighted by molar-refractivity contribution is -0.131. The van der Waals surface area contributed by atoms with Gasteiger partial charge >= 0.3 is 0 Å². The standard InChI is InChI=1S/C22H26F3N3O6S/c23-15-4-6-16(7-5-15)34-21-18(24)13-17(14-19(21)25)35(31,32)28(30)20(22(26)29)3-1-2-8-27-9-11-33-12-10-27/h4-7,13-14,20,30H,1-3,8-12H2,(H2,26,29)/t20-/m1/s1. The first-order valence-electron chi connectivity index (χ1n) is 10.8. The molecule has 1 heterocycles.